The van der Waals surface area contributed by atoms with E-state index in [9.17, 15) is 23.1 Å². The van der Waals surface area contributed by atoms with Crippen molar-refractivity contribution in [3.63, 3.8) is 0 Å². The molecule has 216 valence electrons. The first-order valence-corrected chi connectivity index (χ1v) is 12.9. The molecule has 1 saturated heterocycles. The van der Waals surface area contributed by atoms with Crippen molar-refractivity contribution < 1.29 is 37.7 Å². The molecular weight excluding hydrogens is 543 g/mol. The van der Waals surface area contributed by atoms with Gasteiger partial charge in [-0.25, -0.2) is 9.48 Å². The fraction of sp³-hybridized carbons (Fsp3) is 0.600. The lowest BCUT2D eigenvalue weighted by Crippen LogP contribution is -2.58. The Morgan fingerprint density at radius 2 is 1.74 bits per heavy atom. The standard InChI is InChI=1S/C23H32ClN5O3.C2HF3O2/c1-27(2)22(30)20-13-29(19(14-32-20)12-15-4-8-17(24)9-5-15)18-10-6-16(7-11-18)21-25-23(31)28(3)26-21;3-2(4,5)1(6)7/h4-5,8-9,16,18-20H,6-7,10-14H2,1-3H3,(H,25,26,31);(H,6,7)/t16?,18?,19-,20+;/m0./s1. The number of aromatic nitrogens is 3. The van der Waals surface area contributed by atoms with Gasteiger partial charge in [0.2, 0.25) is 0 Å². The molecule has 0 spiro atoms. The summed E-state index contributed by atoms with van der Waals surface area (Å²) in [4.78, 5) is 29.8. The maximum Gasteiger partial charge on any atom is 0.490 e. The quantitative estimate of drug-likeness (QED) is 0.557. The van der Waals surface area contributed by atoms with Gasteiger partial charge < -0.3 is 19.8 Å². The second kappa shape index (κ2) is 13.0. The molecule has 0 radical (unpaired) electrons. The topological polar surface area (TPSA) is 121 Å². The van der Waals surface area contributed by atoms with E-state index >= 15 is 0 Å². The molecule has 2 aliphatic rings. The molecule has 10 nitrogen and oxygen atoms in total. The minimum Gasteiger partial charge on any atom is -0.479 e. The highest BCUT2D eigenvalue weighted by atomic mass is 35.5. The Morgan fingerprint density at radius 3 is 2.23 bits per heavy atom. The number of nitrogens with zero attached hydrogens (tertiary/aromatic N) is 5. The fourth-order valence-electron chi connectivity index (χ4n) is 4.90. The second-order valence-electron chi connectivity index (χ2n) is 9.94. The Kier molecular flexibility index (Phi) is 10.2. The summed E-state index contributed by atoms with van der Waals surface area (Å²) in [6.07, 6.45) is -0.724. The highest BCUT2D eigenvalue weighted by molar-refractivity contribution is 6.30. The van der Waals surface area contributed by atoms with Crippen molar-refractivity contribution in [3.8, 4) is 6.01 Å². The molecule has 1 aliphatic heterocycles. The molecule has 0 unspecified atom stereocenters. The molecule has 2 atom stereocenters. The number of hydrogen-bond acceptors (Lipinski definition) is 7. The molecule has 2 aromatic rings. The normalized spacial score (nSPS) is 24.0. The van der Waals surface area contributed by atoms with Gasteiger partial charge >= 0.3 is 18.2 Å². The van der Waals surface area contributed by atoms with Crippen LogP contribution in [0.3, 0.4) is 0 Å². The van der Waals surface area contributed by atoms with Crippen LogP contribution < -0.4 is 0 Å². The number of aryl methyl sites for hydroxylation is 1. The predicted octanol–water partition coefficient (Wildman–Crippen LogP) is 3.23. The zero-order chi connectivity index (χ0) is 28.9. The van der Waals surface area contributed by atoms with Crippen molar-refractivity contribution >= 4 is 23.5 Å². The zero-order valence-corrected chi connectivity index (χ0v) is 22.7. The second-order valence-corrected chi connectivity index (χ2v) is 10.4. The summed E-state index contributed by atoms with van der Waals surface area (Å²) in [5, 5.41) is 22.0. The van der Waals surface area contributed by atoms with Crippen LogP contribution in [-0.4, -0.2) is 98.3 Å². The van der Waals surface area contributed by atoms with E-state index in [-0.39, 0.29) is 23.9 Å². The number of aromatic hydroxyl groups is 1. The van der Waals surface area contributed by atoms with Gasteiger partial charge in [0.05, 0.1) is 6.61 Å². The van der Waals surface area contributed by atoms with Gasteiger partial charge in [-0.05, 0) is 49.8 Å². The van der Waals surface area contributed by atoms with E-state index in [0.717, 1.165) is 43.0 Å². The number of benzene rings is 1. The van der Waals surface area contributed by atoms with Gasteiger partial charge in [0.15, 0.2) is 5.82 Å². The highest BCUT2D eigenvalue weighted by Crippen LogP contribution is 2.36. The van der Waals surface area contributed by atoms with E-state index in [4.69, 9.17) is 26.2 Å². The Bertz CT molecular complexity index is 1100. The van der Waals surface area contributed by atoms with Gasteiger partial charge in [-0.1, -0.05) is 23.7 Å². The number of carbonyl (C=O) groups excluding carboxylic acids is 1. The number of aliphatic carboxylic acids is 1. The first kappa shape index (κ1) is 30.6. The van der Waals surface area contributed by atoms with Gasteiger partial charge in [0.1, 0.15) is 6.10 Å². The van der Waals surface area contributed by atoms with Crippen LogP contribution in [0.15, 0.2) is 24.3 Å². The lowest BCUT2D eigenvalue weighted by atomic mass is 9.83. The van der Waals surface area contributed by atoms with E-state index in [1.54, 1.807) is 26.0 Å². The smallest absolute Gasteiger partial charge is 0.479 e. The van der Waals surface area contributed by atoms with Crippen LogP contribution in [-0.2, 0) is 27.8 Å². The molecular formula is C25H33ClF3N5O5. The Hall–Kier alpha value is -2.90. The van der Waals surface area contributed by atoms with Crippen molar-refractivity contribution in [2.24, 2.45) is 7.05 Å². The average Bonchev–Trinajstić information content (AvgIpc) is 3.23. The number of halogens is 4. The zero-order valence-electron chi connectivity index (χ0n) is 21.9. The first-order valence-electron chi connectivity index (χ1n) is 12.5. The first-order chi connectivity index (χ1) is 18.3. The van der Waals surface area contributed by atoms with Gasteiger partial charge in [0.25, 0.3) is 5.91 Å². The highest BCUT2D eigenvalue weighted by Gasteiger charge is 2.39. The van der Waals surface area contributed by atoms with Crippen LogP contribution in [0.5, 0.6) is 6.01 Å². The number of carbonyl (C=O) groups is 2. The summed E-state index contributed by atoms with van der Waals surface area (Å²) in [5.74, 6) is -1.76. The van der Waals surface area contributed by atoms with Crippen molar-refractivity contribution in [2.45, 2.75) is 62.4 Å². The number of ether oxygens (including phenoxy) is 1. The van der Waals surface area contributed by atoms with Gasteiger partial charge in [-0.2, -0.15) is 23.3 Å². The number of carboxylic acids is 1. The minimum atomic E-state index is -5.08. The summed E-state index contributed by atoms with van der Waals surface area (Å²) < 4.78 is 39.2. The number of alkyl halides is 3. The molecule has 14 heteroatoms. The van der Waals surface area contributed by atoms with Gasteiger partial charge in [-0.3, -0.25) is 9.69 Å². The summed E-state index contributed by atoms with van der Waals surface area (Å²) in [6.45, 7) is 1.13. The third-order valence-electron chi connectivity index (χ3n) is 6.97. The molecule has 1 amide bonds. The number of morpholine rings is 1. The molecule has 1 aliphatic carbocycles. The lowest BCUT2D eigenvalue weighted by Gasteiger charge is -2.46. The van der Waals surface area contributed by atoms with Crippen LogP contribution in [0, 0.1) is 0 Å². The monoisotopic (exact) mass is 575 g/mol. The number of carboxylic acid groups (broad SMARTS) is 1. The summed E-state index contributed by atoms with van der Waals surface area (Å²) in [5.41, 5.74) is 1.22. The van der Waals surface area contributed by atoms with Crippen LogP contribution in [0.4, 0.5) is 13.2 Å². The van der Waals surface area contributed by atoms with Crippen molar-refractivity contribution in [2.75, 3.05) is 27.2 Å². The molecule has 2 N–H and O–H groups in total. The van der Waals surface area contributed by atoms with Gasteiger partial charge in [-0.15, -0.1) is 0 Å². The number of rotatable bonds is 5. The van der Waals surface area contributed by atoms with Crippen LogP contribution in [0.2, 0.25) is 5.02 Å². The van der Waals surface area contributed by atoms with E-state index < -0.39 is 18.2 Å². The third kappa shape index (κ3) is 8.29. The molecule has 39 heavy (non-hydrogen) atoms. The van der Waals surface area contributed by atoms with E-state index in [2.05, 4.69) is 27.1 Å². The lowest BCUT2D eigenvalue weighted by molar-refractivity contribution is -0.192. The minimum absolute atomic E-state index is 0.0155. The third-order valence-corrected chi connectivity index (χ3v) is 7.22. The fourth-order valence-corrected chi connectivity index (χ4v) is 5.03. The maximum absolute atomic E-state index is 12.6. The maximum atomic E-state index is 12.6. The van der Waals surface area contributed by atoms with E-state index in [1.165, 1.54) is 10.2 Å². The number of likely N-dealkylation sites (N-methyl/N-ethyl adjacent to an activating group) is 1. The summed E-state index contributed by atoms with van der Waals surface area (Å²) >= 11 is 6.06. The van der Waals surface area contributed by atoms with E-state index in [1.807, 2.05) is 12.1 Å². The molecule has 1 aromatic carbocycles. The van der Waals surface area contributed by atoms with Crippen molar-refractivity contribution in [3.05, 3.63) is 40.7 Å². The number of hydrogen-bond donors (Lipinski definition) is 2. The Labute approximate surface area is 229 Å². The molecule has 2 heterocycles. The molecule has 1 saturated carbocycles. The SMILES string of the molecule is CN(C)C(=O)[C@H]1CN(C2CCC(c3nc(O)n(C)n3)CC2)[C@@H](Cc2ccc(Cl)cc2)CO1.O=C(O)C(F)(F)F. The summed E-state index contributed by atoms with van der Waals surface area (Å²) in [7, 11) is 5.25. The molecule has 1 aromatic heterocycles. The molecule has 0 bridgehead atoms. The predicted molar refractivity (Wildman–Crippen MR) is 135 cm³/mol. The Balaban J connectivity index is 0.000000532. The van der Waals surface area contributed by atoms with Crippen molar-refractivity contribution in [1.82, 2.24) is 24.6 Å². The number of amides is 1. The van der Waals surface area contributed by atoms with Crippen LogP contribution in [0.25, 0.3) is 0 Å². The van der Waals surface area contributed by atoms with E-state index in [0.29, 0.717) is 19.2 Å². The Morgan fingerprint density at radius 1 is 1.15 bits per heavy atom. The van der Waals surface area contributed by atoms with Crippen molar-refractivity contribution in [1.29, 1.82) is 0 Å². The molecule has 4 rings (SSSR count). The van der Waals surface area contributed by atoms with Crippen LogP contribution >= 0.6 is 11.6 Å². The van der Waals surface area contributed by atoms with Gasteiger partial charge in [0, 0.05) is 50.7 Å². The summed E-state index contributed by atoms with van der Waals surface area (Å²) in [6, 6.07) is 8.51. The van der Waals surface area contributed by atoms with Crippen LogP contribution in [0.1, 0.15) is 43.0 Å². The molecule has 2 fully saturated rings. The largest absolute Gasteiger partial charge is 0.490 e. The average molecular weight is 576 g/mol.